The smallest absolute Gasteiger partial charge is 0.226 e. The van der Waals surface area contributed by atoms with Crippen LogP contribution in [0.3, 0.4) is 0 Å². The van der Waals surface area contributed by atoms with E-state index in [9.17, 15) is 4.79 Å². The molecule has 1 N–H and O–H groups in total. The second-order valence-electron chi connectivity index (χ2n) is 8.26. The van der Waals surface area contributed by atoms with E-state index in [1.165, 1.54) is 22.7 Å². The van der Waals surface area contributed by atoms with Crippen LogP contribution in [0.2, 0.25) is 0 Å². The van der Waals surface area contributed by atoms with Crippen LogP contribution in [-0.4, -0.2) is 65.3 Å². The van der Waals surface area contributed by atoms with E-state index in [0.29, 0.717) is 12.4 Å². The van der Waals surface area contributed by atoms with Crippen LogP contribution < -0.4 is 10.2 Å². The van der Waals surface area contributed by atoms with Crippen molar-refractivity contribution in [3.63, 3.8) is 0 Å². The van der Waals surface area contributed by atoms with E-state index < -0.39 is 5.41 Å². The fraction of sp³-hybridized carbons (Fsp3) is 0.571. The number of hydrogen-bond donors (Lipinski definition) is 1. The molecule has 8 heteroatoms. The maximum atomic E-state index is 12.1. The Kier molecular flexibility index (Phi) is 7.49. The monoisotopic (exact) mass is 435 g/mol. The molecule has 3 rings (SSSR count). The summed E-state index contributed by atoms with van der Waals surface area (Å²) in [5.74, 6) is 1.23. The first-order chi connectivity index (χ1) is 13.9. The molecule has 1 amide bonds. The Morgan fingerprint density at radius 2 is 1.90 bits per heavy atom. The largest absolute Gasteiger partial charge is 0.354 e. The third kappa shape index (κ3) is 6.14. The van der Waals surface area contributed by atoms with Crippen LogP contribution in [0.25, 0.3) is 0 Å². The van der Waals surface area contributed by atoms with E-state index in [0.717, 1.165) is 50.1 Å². The fourth-order valence-corrected chi connectivity index (χ4v) is 3.98. The lowest BCUT2D eigenvalue weighted by Gasteiger charge is -2.34. The quantitative estimate of drug-likeness (QED) is 0.646. The predicted octanol–water partition coefficient (Wildman–Crippen LogP) is 2.94. The lowest BCUT2D eigenvalue weighted by molar-refractivity contribution is -0.128. The molecule has 1 aliphatic rings. The van der Waals surface area contributed by atoms with Crippen LogP contribution in [0, 0.1) is 12.3 Å². The summed E-state index contributed by atoms with van der Waals surface area (Å²) in [4.78, 5) is 21.5. The van der Waals surface area contributed by atoms with Gasteiger partial charge in [-0.1, -0.05) is 29.8 Å². The maximum absolute atomic E-state index is 12.1. The van der Waals surface area contributed by atoms with Gasteiger partial charge in [0.05, 0.1) is 5.41 Å². The second kappa shape index (κ2) is 9.87. The van der Waals surface area contributed by atoms with Gasteiger partial charge in [0.15, 0.2) is 0 Å². The number of amides is 1. The van der Waals surface area contributed by atoms with Crippen molar-refractivity contribution in [3.05, 3.63) is 41.2 Å². The van der Waals surface area contributed by atoms with Crippen molar-refractivity contribution in [1.29, 1.82) is 0 Å². The minimum Gasteiger partial charge on any atom is -0.354 e. The third-order valence-electron chi connectivity index (χ3n) is 5.25. The third-order valence-corrected chi connectivity index (χ3v) is 6.73. The number of hydrogen-bond acceptors (Lipinski definition) is 6. The van der Waals surface area contributed by atoms with E-state index >= 15 is 0 Å². The van der Waals surface area contributed by atoms with E-state index in [1.807, 2.05) is 13.8 Å². The highest BCUT2D eigenvalue weighted by atomic mass is 35.5. The first-order valence-corrected chi connectivity index (χ1v) is 11.4. The number of halogens is 1. The van der Waals surface area contributed by atoms with Gasteiger partial charge in [-0.2, -0.15) is 4.37 Å². The number of rotatable bonds is 8. The van der Waals surface area contributed by atoms with Gasteiger partial charge in [-0.05, 0) is 26.3 Å². The van der Waals surface area contributed by atoms with E-state index in [2.05, 4.69) is 50.7 Å². The van der Waals surface area contributed by atoms with E-state index in [1.54, 1.807) is 0 Å². The Morgan fingerprint density at radius 3 is 2.55 bits per heavy atom. The summed E-state index contributed by atoms with van der Waals surface area (Å²) in [6.07, 6.45) is 0.773. The zero-order chi connectivity index (χ0) is 20.9. The number of nitrogens with zero attached hydrogens (tertiary/aromatic N) is 4. The molecule has 29 heavy (non-hydrogen) atoms. The molecule has 0 unspecified atom stereocenters. The average molecular weight is 436 g/mol. The number of anilines is 1. The standard InChI is InChI=1S/C21H30ClN5OS/c1-16-4-6-17(7-5-16)14-18-24-20(29-25-18)27-12-10-26(11-13-27)9-8-23-19(28)21(2,3)15-22/h4-7H,8-15H2,1-3H3,(H,23,28). The van der Waals surface area contributed by atoms with Gasteiger partial charge in [-0.3, -0.25) is 9.69 Å². The molecule has 0 aliphatic carbocycles. The van der Waals surface area contributed by atoms with Crippen LogP contribution in [0.1, 0.15) is 30.8 Å². The lowest BCUT2D eigenvalue weighted by atomic mass is 9.95. The highest BCUT2D eigenvalue weighted by Crippen LogP contribution is 2.21. The molecule has 1 aliphatic heterocycles. The molecule has 2 aromatic rings. The zero-order valence-corrected chi connectivity index (χ0v) is 19.0. The highest BCUT2D eigenvalue weighted by Gasteiger charge is 2.26. The fourth-order valence-electron chi connectivity index (χ4n) is 3.12. The van der Waals surface area contributed by atoms with Gasteiger partial charge >= 0.3 is 0 Å². The maximum Gasteiger partial charge on any atom is 0.226 e. The van der Waals surface area contributed by atoms with Gasteiger partial charge in [-0.25, -0.2) is 4.98 Å². The summed E-state index contributed by atoms with van der Waals surface area (Å²) in [7, 11) is 0. The van der Waals surface area contributed by atoms with Gasteiger partial charge in [0.1, 0.15) is 5.82 Å². The molecule has 1 fully saturated rings. The number of aryl methyl sites for hydroxylation is 1. The summed E-state index contributed by atoms with van der Waals surface area (Å²) < 4.78 is 4.55. The van der Waals surface area contributed by atoms with E-state index in [-0.39, 0.29) is 5.91 Å². The molecular weight excluding hydrogens is 406 g/mol. The van der Waals surface area contributed by atoms with Gasteiger partial charge in [0.25, 0.3) is 0 Å². The Labute approximate surface area is 182 Å². The minimum absolute atomic E-state index is 0.0149. The van der Waals surface area contributed by atoms with Crippen LogP contribution in [0.5, 0.6) is 0 Å². The summed E-state index contributed by atoms with van der Waals surface area (Å²) >= 11 is 7.34. The van der Waals surface area contributed by atoms with Crippen molar-refractivity contribution in [1.82, 2.24) is 19.6 Å². The highest BCUT2D eigenvalue weighted by molar-refractivity contribution is 7.09. The van der Waals surface area contributed by atoms with Gasteiger partial charge in [-0.15, -0.1) is 11.6 Å². The Hall–Kier alpha value is -1.70. The van der Waals surface area contributed by atoms with Crippen molar-refractivity contribution >= 4 is 34.2 Å². The molecule has 0 atom stereocenters. The molecule has 158 valence electrons. The molecule has 0 saturated carbocycles. The van der Waals surface area contributed by atoms with Crippen LogP contribution in [-0.2, 0) is 11.2 Å². The van der Waals surface area contributed by atoms with Gasteiger partial charge in [0, 0.05) is 63.1 Å². The number of aromatic nitrogens is 2. The Balaban J connectivity index is 1.42. The number of piperazine rings is 1. The second-order valence-corrected chi connectivity index (χ2v) is 9.26. The predicted molar refractivity (Wildman–Crippen MR) is 120 cm³/mol. The summed E-state index contributed by atoms with van der Waals surface area (Å²) in [6.45, 7) is 11.1. The molecule has 1 saturated heterocycles. The molecule has 0 bridgehead atoms. The Morgan fingerprint density at radius 1 is 1.21 bits per heavy atom. The van der Waals surface area contributed by atoms with Gasteiger partial charge < -0.3 is 10.2 Å². The number of carbonyl (C=O) groups excluding carboxylic acids is 1. The first-order valence-electron chi connectivity index (χ1n) is 10.1. The molecular formula is C21H30ClN5OS. The average Bonchev–Trinajstić information content (AvgIpc) is 3.18. The molecule has 0 radical (unpaired) electrons. The minimum atomic E-state index is -0.519. The number of carbonyl (C=O) groups is 1. The SMILES string of the molecule is Cc1ccc(Cc2nsc(N3CCN(CCNC(=O)C(C)(C)CCl)CC3)n2)cc1. The van der Waals surface area contributed by atoms with Crippen molar-refractivity contribution in [2.24, 2.45) is 5.41 Å². The van der Waals surface area contributed by atoms with Crippen LogP contribution in [0.15, 0.2) is 24.3 Å². The topological polar surface area (TPSA) is 61.4 Å². The summed E-state index contributed by atoms with van der Waals surface area (Å²) in [5.41, 5.74) is 1.99. The van der Waals surface area contributed by atoms with Crippen LogP contribution >= 0.6 is 23.1 Å². The Bertz CT molecular complexity index is 800. The molecule has 1 aromatic carbocycles. The molecule has 2 heterocycles. The van der Waals surface area contributed by atoms with Crippen LogP contribution in [0.4, 0.5) is 5.13 Å². The lowest BCUT2D eigenvalue weighted by Crippen LogP contribution is -2.49. The van der Waals surface area contributed by atoms with Gasteiger partial charge in [0.2, 0.25) is 11.0 Å². The van der Waals surface area contributed by atoms with Crippen molar-refractivity contribution in [2.45, 2.75) is 27.2 Å². The number of nitrogens with one attached hydrogen (secondary N) is 1. The summed E-state index contributed by atoms with van der Waals surface area (Å²) in [5, 5.41) is 4.00. The molecule has 6 nitrogen and oxygen atoms in total. The van der Waals surface area contributed by atoms with Crippen molar-refractivity contribution < 1.29 is 4.79 Å². The van der Waals surface area contributed by atoms with E-state index in [4.69, 9.17) is 16.6 Å². The summed E-state index contributed by atoms with van der Waals surface area (Å²) in [6, 6.07) is 8.53. The normalized spacial score (nSPS) is 15.5. The molecule has 1 aromatic heterocycles. The van der Waals surface area contributed by atoms with Crippen molar-refractivity contribution in [2.75, 3.05) is 50.0 Å². The van der Waals surface area contributed by atoms with Crippen molar-refractivity contribution in [3.8, 4) is 0 Å². The zero-order valence-electron chi connectivity index (χ0n) is 17.4. The number of benzene rings is 1. The molecule has 0 spiro atoms. The number of alkyl halides is 1. The first kappa shape index (κ1) is 22.0.